The average Bonchev–Trinajstić information content (AvgIpc) is 2.08. The molecule has 82 valence electrons. The van der Waals surface area contributed by atoms with E-state index in [1.165, 1.54) is 5.92 Å². The van der Waals surface area contributed by atoms with Gasteiger partial charge < -0.3 is 4.74 Å². The first-order chi connectivity index (χ1) is 6.56. The first-order valence-corrected chi connectivity index (χ1v) is 4.70. The van der Waals surface area contributed by atoms with Gasteiger partial charge in [-0.15, -0.1) is 0 Å². The van der Waals surface area contributed by atoms with Gasteiger partial charge in [-0.3, -0.25) is 0 Å². The maximum Gasteiger partial charge on any atom is 0.457 e. The summed E-state index contributed by atoms with van der Waals surface area (Å²) < 4.78 is 39.7. The van der Waals surface area contributed by atoms with E-state index in [-0.39, 0.29) is 0 Å². The fourth-order valence-electron chi connectivity index (χ4n) is 0.901. The molecule has 0 saturated carbocycles. The van der Waals surface area contributed by atoms with Crippen LogP contribution < -0.4 is 0 Å². The van der Waals surface area contributed by atoms with E-state index in [2.05, 4.69) is 5.92 Å². The molecule has 0 aliphatic carbocycles. The monoisotopic (exact) mass is 208 g/mol. The van der Waals surface area contributed by atoms with Crippen molar-refractivity contribution in [3.63, 3.8) is 0 Å². The first kappa shape index (κ1) is 13.3. The lowest BCUT2D eigenvalue weighted by Gasteiger charge is -1.98. The summed E-state index contributed by atoms with van der Waals surface area (Å²) in [6.45, 7) is 3.28. The summed E-state index contributed by atoms with van der Waals surface area (Å²) in [7, 11) is 0. The lowest BCUT2D eigenvalue weighted by molar-refractivity contribution is -0.0697. The Morgan fingerprint density at radius 3 is 2.43 bits per heavy atom. The zero-order chi connectivity index (χ0) is 10.9. The minimum Gasteiger partial charge on any atom is -0.382 e. The van der Waals surface area contributed by atoms with Gasteiger partial charge in [0.25, 0.3) is 0 Å². The van der Waals surface area contributed by atoms with Crippen LogP contribution in [0.3, 0.4) is 0 Å². The van der Waals surface area contributed by atoms with Gasteiger partial charge in [0.1, 0.15) is 0 Å². The number of halogens is 3. The van der Waals surface area contributed by atoms with Crippen LogP contribution in [-0.2, 0) is 4.74 Å². The van der Waals surface area contributed by atoms with E-state index >= 15 is 0 Å². The van der Waals surface area contributed by atoms with E-state index in [0.717, 1.165) is 12.8 Å². The lowest BCUT2D eigenvalue weighted by Crippen LogP contribution is -2.01. The van der Waals surface area contributed by atoms with Crippen LogP contribution in [0.2, 0.25) is 0 Å². The van der Waals surface area contributed by atoms with Crippen molar-refractivity contribution in [2.75, 3.05) is 13.2 Å². The van der Waals surface area contributed by atoms with Crippen LogP contribution in [0.5, 0.6) is 0 Å². The van der Waals surface area contributed by atoms with Crippen molar-refractivity contribution in [1.82, 2.24) is 0 Å². The van der Waals surface area contributed by atoms with Gasteiger partial charge in [0, 0.05) is 25.6 Å². The van der Waals surface area contributed by atoms with Crippen LogP contribution in [-0.4, -0.2) is 19.4 Å². The molecule has 0 bridgehead atoms. The molecule has 0 spiro atoms. The molecule has 0 heterocycles. The van der Waals surface area contributed by atoms with Crippen molar-refractivity contribution >= 4 is 0 Å². The molecule has 0 rings (SSSR count). The van der Waals surface area contributed by atoms with E-state index in [9.17, 15) is 13.2 Å². The molecule has 0 radical (unpaired) electrons. The van der Waals surface area contributed by atoms with Crippen molar-refractivity contribution in [2.45, 2.75) is 38.8 Å². The Bertz CT molecular complexity index is 188. The molecule has 0 aliphatic rings. The summed E-state index contributed by atoms with van der Waals surface area (Å²) in [5, 5.41) is 0. The van der Waals surface area contributed by atoms with Crippen LogP contribution in [0.25, 0.3) is 0 Å². The average molecular weight is 208 g/mol. The summed E-state index contributed by atoms with van der Waals surface area (Å²) >= 11 is 0. The minimum absolute atomic E-state index is 0.311. The predicted octanol–water partition coefficient (Wildman–Crippen LogP) is 3.15. The van der Waals surface area contributed by atoms with Crippen molar-refractivity contribution < 1.29 is 17.9 Å². The number of hydrogen-bond donors (Lipinski definition) is 0. The Morgan fingerprint density at radius 2 is 1.86 bits per heavy atom. The van der Waals surface area contributed by atoms with E-state index in [1.54, 1.807) is 0 Å². The molecule has 14 heavy (non-hydrogen) atoms. The van der Waals surface area contributed by atoms with Crippen molar-refractivity contribution in [3.05, 3.63) is 0 Å². The molecule has 1 nitrogen and oxygen atoms in total. The Kier molecular flexibility index (Phi) is 7.31. The highest BCUT2D eigenvalue weighted by Crippen LogP contribution is 2.12. The highest BCUT2D eigenvalue weighted by Gasteiger charge is 2.22. The predicted molar refractivity (Wildman–Crippen MR) is 48.8 cm³/mol. The van der Waals surface area contributed by atoms with E-state index < -0.39 is 6.18 Å². The van der Waals surface area contributed by atoms with Crippen molar-refractivity contribution in [3.8, 4) is 11.8 Å². The standard InChI is InChI=1S/C10H15F3O/c1-2-14-9-7-5-3-4-6-8-10(11,12)13/h2-5,7,9H2,1H3. The van der Waals surface area contributed by atoms with Gasteiger partial charge in [-0.1, -0.05) is 12.3 Å². The fraction of sp³-hybridized carbons (Fsp3) is 0.800. The van der Waals surface area contributed by atoms with Gasteiger partial charge >= 0.3 is 6.18 Å². The molecule has 0 fully saturated rings. The maximum atomic E-state index is 11.5. The fourth-order valence-corrected chi connectivity index (χ4v) is 0.901. The molecule has 0 amide bonds. The molecule has 0 saturated heterocycles. The highest BCUT2D eigenvalue weighted by molar-refractivity contribution is 5.04. The Morgan fingerprint density at radius 1 is 1.14 bits per heavy atom. The van der Waals surface area contributed by atoms with E-state index in [4.69, 9.17) is 4.74 Å². The van der Waals surface area contributed by atoms with Crippen LogP contribution in [0.4, 0.5) is 13.2 Å². The second-order valence-corrected chi connectivity index (χ2v) is 2.81. The Hall–Kier alpha value is -0.690. The Labute approximate surface area is 82.6 Å². The van der Waals surface area contributed by atoms with Gasteiger partial charge in [-0.05, 0) is 19.8 Å². The normalized spacial score (nSPS) is 10.9. The maximum absolute atomic E-state index is 11.5. The SMILES string of the molecule is CCOCCCCCC#CC(F)(F)F. The lowest BCUT2D eigenvalue weighted by atomic mass is 10.2. The number of alkyl halides is 3. The second kappa shape index (κ2) is 7.69. The van der Waals surface area contributed by atoms with Gasteiger partial charge in [-0.25, -0.2) is 0 Å². The summed E-state index contributed by atoms with van der Waals surface area (Å²) in [5.41, 5.74) is 0. The smallest absolute Gasteiger partial charge is 0.382 e. The molecule has 0 aromatic rings. The molecule has 4 heteroatoms. The van der Waals surface area contributed by atoms with E-state index in [0.29, 0.717) is 26.1 Å². The van der Waals surface area contributed by atoms with Crippen LogP contribution in [0.1, 0.15) is 32.6 Å². The first-order valence-electron chi connectivity index (χ1n) is 4.70. The highest BCUT2D eigenvalue weighted by atomic mass is 19.4. The Balaban J connectivity index is 3.24. The van der Waals surface area contributed by atoms with Gasteiger partial charge in [0.2, 0.25) is 0 Å². The third kappa shape index (κ3) is 11.3. The molecule has 0 aromatic carbocycles. The number of unbranched alkanes of at least 4 members (excludes halogenated alkanes) is 3. The van der Waals surface area contributed by atoms with Crippen molar-refractivity contribution in [1.29, 1.82) is 0 Å². The zero-order valence-corrected chi connectivity index (χ0v) is 8.28. The molecule has 0 aliphatic heterocycles. The van der Waals surface area contributed by atoms with Gasteiger partial charge in [0.05, 0.1) is 0 Å². The zero-order valence-electron chi connectivity index (χ0n) is 8.28. The van der Waals surface area contributed by atoms with Gasteiger partial charge in [-0.2, -0.15) is 13.2 Å². The second-order valence-electron chi connectivity index (χ2n) is 2.81. The quantitative estimate of drug-likeness (QED) is 0.481. The van der Waals surface area contributed by atoms with E-state index in [1.807, 2.05) is 6.92 Å². The summed E-state index contributed by atoms with van der Waals surface area (Å²) in [6.07, 6.45) is -1.57. The third-order valence-corrected chi connectivity index (χ3v) is 1.52. The van der Waals surface area contributed by atoms with Crippen LogP contribution in [0, 0.1) is 11.8 Å². The number of rotatable bonds is 6. The topological polar surface area (TPSA) is 9.23 Å². The largest absolute Gasteiger partial charge is 0.457 e. The van der Waals surface area contributed by atoms with Crippen molar-refractivity contribution in [2.24, 2.45) is 0 Å². The van der Waals surface area contributed by atoms with Crippen LogP contribution in [0.15, 0.2) is 0 Å². The molecule has 0 atom stereocenters. The third-order valence-electron chi connectivity index (χ3n) is 1.52. The summed E-state index contributed by atoms with van der Waals surface area (Å²) in [4.78, 5) is 0. The molecule has 0 aromatic heterocycles. The molecule has 0 unspecified atom stereocenters. The summed E-state index contributed by atoms with van der Waals surface area (Å²) in [5.74, 6) is 3.34. The van der Waals surface area contributed by atoms with Crippen LogP contribution >= 0.6 is 0 Å². The molecular formula is C10H15F3O. The number of ether oxygens (including phenoxy) is 1. The number of hydrogen-bond acceptors (Lipinski definition) is 1. The molecule has 0 N–H and O–H groups in total. The minimum atomic E-state index is -4.34. The summed E-state index contributed by atoms with van der Waals surface area (Å²) in [6, 6.07) is 0. The molecular weight excluding hydrogens is 193 g/mol. The van der Waals surface area contributed by atoms with Gasteiger partial charge in [0.15, 0.2) is 0 Å².